The zero-order chi connectivity index (χ0) is 14.7. The van der Waals surface area contributed by atoms with Gasteiger partial charge in [-0.3, -0.25) is 4.79 Å². The second-order valence-electron chi connectivity index (χ2n) is 4.83. The topological polar surface area (TPSA) is 74.1 Å². The Hall–Kier alpha value is -2.63. The molecule has 6 nitrogen and oxygen atoms in total. The summed E-state index contributed by atoms with van der Waals surface area (Å²) in [7, 11) is 0. The van der Waals surface area contributed by atoms with Crippen molar-refractivity contribution >= 4 is 5.78 Å². The number of furan rings is 1. The molecule has 0 aliphatic carbocycles. The normalized spacial score (nSPS) is 10.9. The van der Waals surface area contributed by atoms with Gasteiger partial charge in [0.25, 0.3) is 0 Å². The molecule has 3 aromatic heterocycles. The molecule has 0 amide bonds. The molecule has 3 rings (SSSR count). The van der Waals surface area contributed by atoms with Crippen molar-refractivity contribution in [1.29, 1.82) is 0 Å². The summed E-state index contributed by atoms with van der Waals surface area (Å²) in [4.78, 5) is 16.2. The van der Waals surface area contributed by atoms with Gasteiger partial charge in [-0.1, -0.05) is 5.16 Å². The monoisotopic (exact) mass is 285 g/mol. The van der Waals surface area contributed by atoms with Gasteiger partial charge in [-0.25, -0.2) is 4.98 Å². The zero-order valence-electron chi connectivity index (χ0n) is 11.7. The zero-order valence-corrected chi connectivity index (χ0v) is 11.7. The molecule has 0 saturated heterocycles. The Morgan fingerprint density at radius 2 is 2.29 bits per heavy atom. The van der Waals surface area contributed by atoms with E-state index in [0.717, 1.165) is 18.7 Å². The second-order valence-corrected chi connectivity index (χ2v) is 4.83. The average molecular weight is 285 g/mol. The fraction of sp³-hybridized carbons (Fsp3) is 0.267. The number of aryl methyl sites for hydroxylation is 2. The van der Waals surface area contributed by atoms with Gasteiger partial charge in [0.15, 0.2) is 11.5 Å². The molecule has 0 aliphatic heterocycles. The first-order chi connectivity index (χ1) is 10.2. The maximum Gasteiger partial charge on any atom is 0.202 e. The van der Waals surface area contributed by atoms with Crippen molar-refractivity contribution < 1.29 is 13.7 Å². The standard InChI is InChI=1S/C15H15N3O3/c1-11-9-18(10-16-11)6-2-4-13(19)12-8-15(21-17-12)14-5-3-7-20-14/h3,5,7-10H,2,4,6H2,1H3. The quantitative estimate of drug-likeness (QED) is 0.650. The third-order valence-corrected chi connectivity index (χ3v) is 3.14. The van der Waals surface area contributed by atoms with E-state index in [-0.39, 0.29) is 5.78 Å². The van der Waals surface area contributed by atoms with Crippen LogP contribution in [-0.2, 0) is 6.54 Å². The molecule has 108 valence electrons. The minimum absolute atomic E-state index is 0.0339. The van der Waals surface area contributed by atoms with Crippen LogP contribution < -0.4 is 0 Å². The summed E-state index contributed by atoms with van der Waals surface area (Å²) in [5.74, 6) is 0.998. The van der Waals surface area contributed by atoms with E-state index >= 15 is 0 Å². The molecule has 0 fully saturated rings. The molecule has 3 heterocycles. The fourth-order valence-electron chi connectivity index (χ4n) is 2.09. The first kappa shape index (κ1) is 13.4. The van der Waals surface area contributed by atoms with Gasteiger partial charge in [0.1, 0.15) is 5.69 Å². The van der Waals surface area contributed by atoms with Crippen LogP contribution in [0.1, 0.15) is 29.0 Å². The van der Waals surface area contributed by atoms with E-state index in [0.29, 0.717) is 23.6 Å². The molecule has 21 heavy (non-hydrogen) atoms. The third-order valence-electron chi connectivity index (χ3n) is 3.14. The number of carbonyl (C=O) groups is 1. The summed E-state index contributed by atoms with van der Waals surface area (Å²) >= 11 is 0. The van der Waals surface area contributed by atoms with E-state index in [1.165, 1.54) is 0 Å². The smallest absolute Gasteiger partial charge is 0.202 e. The van der Waals surface area contributed by atoms with E-state index in [1.54, 1.807) is 30.8 Å². The highest BCUT2D eigenvalue weighted by molar-refractivity contribution is 5.94. The lowest BCUT2D eigenvalue weighted by atomic mass is 10.1. The van der Waals surface area contributed by atoms with E-state index in [2.05, 4.69) is 10.1 Å². The number of ketones is 1. The highest BCUT2D eigenvalue weighted by atomic mass is 16.5. The first-order valence-corrected chi connectivity index (χ1v) is 6.74. The summed E-state index contributed by atoms with van der Waals surface area (Å²) in [6.07, 6.45) is 6.42. The predicted octanol–water partition coefficient (Wildman–Crippen LogP) is 3.10. The van der Waals surface area contributed by atoms with Crippen LogP contribution in [0.15, 0.2) is 45.9 Å². The van der Waals surface area contributed by atoms with Gasteiger partial charge in [0.05, 0.1) is 18.3 Å². The number of aromatic nitrogens is 3. The lowest BCUT2D eigenvalue weighted by Gasteiger charge is -1.99. The van der Waals surface area contributed by atoms with Gasteiger partial charge < -0.3 is 13.5 Å². The summed E-state index contributed by atoms with van der Waals surface area (Å²) in [6, 6.07) is 5.13. The molecular formula is C15H15N3O3. The Labute approximate surface area is 121 Å². The van der Waals surface area contributed by atoms with Gasteiger partial charge >= 0.3 is 0 Å². The second kappa shape index (κ2) is 5.78. The van der Waals surface area contributed by atoms with Crippen molar-refractivity contribution in [3.8, 4) is 11.5 Å². The molecule has 0 saturated carbocycles. The SMILES string of the molecule is Cc1cn(CCCC(=O)c2cc(-c3ccco3)on2)cn1. The number of Topliss-reactive ketones (excluding diaryl/α,β-unsaturated/α-hetero) is 1. The number of hydrogen-bond acceptors (Lipinski definition) is 5. The van der Waals surface area contributed by atoms with Gasteiger partial charge in [-0.15, -0.1) is 0 Å². The van der Waals surface area contributed by atoms with Gasteiger partial charge in [0.2, 0.25) is 5.76 Å². The number of hydrogen-bond donors (Lipinski definition) is 0. The molecule has 3 aromatic rings. The molecule has 0 bridgehead atoms. The van der Waals surface area contributed by atoms with Crippen LogP contribution in [0.4, 0.5) is 0 Å². The highest BCUT2D eigenvalue weighted by Gasteiger charge is 2.14. The summed E-state index contributed by atoms with van der Waals surface area (Å²) in [5.41, 5.74) is 1.31. The van der Waals surface area contributed by atoms with Crippen LogP contribution in [0.2, 0.25) is 0 Å². The van der Waals surface area contributed by atoms with Crippen LogP contribution in [0.3, 0.4) is 0 Å². The lowest BCUT2D eigenvalue weighted by molar-refractivity contribution is 0.0970. The summed E-state index contributed by atoms with van der Waals surface area (Å²) in [6.45, 7) is 2.70. The molecule has 0 aliphatic rings. The Morgan fingerprint density at radius 3 is 3.00 bits per heavy atom. The molecule has 0 spiro atoms. The van der Waals surface area contributed by atoms with Gasteiger partial charge in [0, 0.05) is 25.2 Å². The van der Waals surface area contributed by atoms with E-state index in [4.69, 9.17) is 8.94 Å². The maximum atomic E-state index is 12.0. The minimum Gasteiger partial charge on any atom is -0.461 e. The summed E-state index contributed by atoms with van der Waals surface area (Å²) < 4.78 is 12.3. The number of rotatable bonds is 6. The Kier molecular flexibility index (Phi) is 3.68. The van der Waals surface area contributed by atoms with Gasteiger partial charge in [-0.05, 0) is 25.5 Å². The number of nitrogens with zero attached hydrogens (tertiary/aromatic N) is 3. The van der Waals surface area contributed by atoms with Crippen LogP contribution in [0.25, 0.3) is 11.5 Å². The van der Waals surface area contributed by atoms with Crippen molar-refractivity contribution in [3.63, 3.8) is 0 Å². The predicted molar refractivity (Wildman–Crippen MR) is 74.7 cm³/mol. The lowest BCUT2D eigenvalue weighted by Crippen LogP contribution is -2.02. The number of carbonyl (C=O) groups excluding carboxylic acids is 1. The molecule has 0 aromatic carbocycles. The Balaban J connectivity index is 1.56. The fourth-order valence-corrected chi connectivity index (χ4v) is 2.09. The van der Waals surface area contributed by atoms with Crippen LogP contribution in [-0.4, -0.2) is 20.5 Å². The summed E-state index contributed by atoms with van der Waals surface area (Å²) in [5, 5.41) is 3.80. The van der Waals surface area contributed by atoms with Crippen molar-refractivity contribution in [2.75, 3.05) is 0 Å². The van der Waals surface area contributed by atoms with Crippen LogP contribution in [0.5, 0.6) is 0 Å². The van der Waals surface area contributed by atoms with Gasteiger partial charge in [-0.2, -0.15) is 0 Å². The first-order valence-electron chi connectivity index (χ1n) is 6.74. The van der Waals surface area contributed by atoms with Crippen molar-refractivity contribution in [2.24, 2.45) is 0 Å². The van der Waals surface area contributed by atoms with E-state index in [9.17, 15) is 4.79 Å². The molecule has 0 radical (unpaired) electrons. The van der Waals surface area contributed by atoms with Crippen LogP contribution in [0, 0.1) is 6.92 Å². The van der Waals surface area contributed by atoms with E-state index < -0.39 is 0 Å². The number of imidazole rings is 1. The van der Waals surface area contributed by atoms with Crippen molar-refractivity contribution in [3.05, 3.63) is 48.4 Å². The Bertz CT molecular complexity index is 725. The van der Waals surface area contributed by atoms with Crippen molar-refractivity contribution in [1.82, 2.24) is 14.7 Å². The minimum atomic E-state index is -0.0339. The molecule has 0 N–H and O–H groups in total. The van der Waals surface area contributed by atoms with Crippen molar-refractivity contribution in [2.45, 2.75) is 26.3 Å². The maximum absolute atomic E-state index is 12.0. The largest absolute Gasteiger partial charge is 0.461 e. The van der Waals surface area contributed by atoms with E-state index in [1.807, 2.05) is 17.7 Å². The molecule has 0 unspecified atom stereocenters. The highest BCUT2D eigenvalue weighted by Crippen LogP contribution is 2.21. The third kappa shape index (κ3) is 3.10. The molecule has 6 heteroatoms. The average Bonchev–Trinajstić information content (AvgIpc) is 3.19. The molecular weight excluding hydrogens is 270 g/mol. The Morgan fingerprint density at radius 1 is 1.38 bits per heavy atom. The molecule has 0 atom stereocenters. The van der Waals surface area contributed by atoms with Crippen LogP contribution >= 0.6 is 0 Å².